The van der Waals surface area contributed by atoms with E-state index in [-0.39, 0.29) is 13.0 Å². The molecule has 0 aromatic heterocycles. The first kappa shape index (κ1) is 20.0. The van der Waals surface area contributed by atoms with Gasteiger partial charge in [0, 0.05) is 6.42 Å². The molecule has 0 aliphatic carbocycles. The minimum atomic E-state index is -1.15. The third kappa shape index (κ3) is 6.81. The Bertz CT molecular complexity index is 764. The lowest BCUT2D eigenvalue weighted by Gasteiger charge is -2.18. The SMILES string of the molecule is C[C@H](NC(=O)OCc1ccccc1)C(=O)N[C@H](Cc1ccccc1)C(=O)O. The van der Waals surface area contributed by atoms with Crippen molar-refractivity contribution in [2.45, 2.75) is 32.0 Å². The highest BCUT2D eigenvalue weighted by atomic mass is 16.5. The number of alkyl carbamates (subject to hydrolysis) is 1. The third-order valence-corrected chi connectivity index (χ3v) is 3.84. The van der Waals surface area contributed by atoms with E-state index in [1.807, 2.05) is 36.4 Å². The number of carboxylic acid groups (broad SMARTS) is 1. The number of carbonyl (C=O) groups is 3. The van der Waals surface area contributed by atoms with Gasteiger partial charge in [0.15, 0.2) is 0 Å². The van der Waals surface area contributed by atoms with Gasteiger partial charge < -0.3 is 20.5 Å². The molecule has 3 N–H and O–H groups in total. The maximum absolute atomic E-state index is 12.2. The van der Waals surface area contributed by atoms with Crippen LogP contribution in [0.5, 0.6) is 0 Å². The molecule has 0 radical (unpaired) electrons. The van der Waals surface area contributed by atoms with Crippen LogP contribution in [0.3, 0.4) is 0 Å². The second kappa shape index (κ2) is 9.96. The summed E-state index contributed by atoms with van der Waals surface area (Å²) in [4.78, 5) is 35.4. The first-order chi connectivity index (χ1) is 13.0. The predicted molar refractivity (Wildman–Crippen MR) is 98.9 cm³/mol. The van der Waals surface area contributed by atoms with Crippen molar-refractivity contribution in [1.29, 1.82) is 0 Å². The lowest BCUT2D eigenvalue weighted by atomic mass is 10.1. The van der Waals surface area contributed by atoms with E-state index in [0.29, 0.717) is 0 Å². The minimum Gasteiger partial charge on any atom is -0.480 e. The summed E-state index contributed by atoms with van der Waals surface area (Å²) in [6, 6.07) is 16.1. The van der Waals surface area contributed by atoms with E-state index < -0.39 is 30.1 Å². The van der Waals surface area contributed by atoms with Crippen LogP contribution in [0, 0.1) is 0 Å². The molecular weight excluding hydrogens is 348 g/mol. The minimum absolute atomic E-state index is 0.0762. The molecule has 0 aliphatic heterocycles. The molecule has 2 amide bonds. The summed E-state index contributed by atoms with van der Waals surface area (Å²) < 4.78 is 5.05. The summed E-state index contributed by atoms with van der Waals surface area (Å²) in [6.07, 6.45) is -0.607. The smallest absolute Gasteiger partial charge is 0.408 e. The lowest BCUT2D eigenvalue weighted by Crippen LogP contribution is -2.51. The molecule has 2 aromatic rings. The quantitative estimate of drug-likeness (QED) is 0.660. The summed E-state index contributed by atoms with van der Waals surface area (Å²) in [6.45, 7) is 1.54. The largest absolute Gasteiger partial charge is 0.480 e. The summed E-state index contributed by atoms with van der Waals surface area (Å²) in [5, 5.41) is 14.2. The Kier molecular flexibility index (Phi) is 7.37. The highest BCUT2D eigenvalue weighted by Gasteiger charge is 2.24. The van der Waals surface area contributed by atoms with E-state index in [9.17, 15) is 19.5 Å². The van der Waals surface area contributed by atoms with Crippen LogP contribution in [0.2, 0.25) is 0 Å². The molecule has 0 heterocycles. The molecule has 27 heavy (non-hydrogen) atoms. The molecule has 0 saturated heterocycles. The predicted octanol–water partition coefficient (Wildman–Crippen LogP) is 2.11. The summed E-state index contributed by atoms with van der Waals surface area (Å²) >= 11 is 0. The fourth-order valence-corrected chi connectivity index (χ4v) is 2.35. The number of aliphatic carboxylic acids is 1. The van der Waals surface area contributed by atoms with Crippen LogP contribution in [-0.4, -0.2) is 35.2 Å². The van der Waals surface area contributed by atoms with Crippen molar-refractivity contribution in [3.05, 3.63) is 71.8 Å². The fraction of sp³-hybridized carbons (Fsp3) is 0.250. The van der Waals surface area contributed by atoms with Crippen molar-refractivity contribution in [2.75, 3.05) is 0 Å². The van der Waals surface area contributed by atoms with Gasteiger partial charge in [0.25, 0.3) is 0 Å². The van der Waals surface area contributed by atoms with Gasteiger partial charge in [0.1, 0.15) is 18.7 Å². The first-order valence-electron chi connectivity index (χ1n) is 8.50. The number of rotatable bonds is 8. The number of ether oxygens (including phenoxy) is 1. The molecule has 2 rings (SSSR count). The fourth-order valence-electron chi connectivity index (χ4n) is 2.35. The number of carboxylic acids is 1. The summed E-state index contributed by atoms with van der Waals surface area (Å²) in [7, 11) is 0. The number of carbonyl (C=O) groups excluding carboxylic acids is 2. The highest BCUT2D eigenvalue weighted by Crippen LogP contribution is 2.04. The molecule has 0 saturated carbocycles. The van der Waals surface area contributed by atoms with Crippen molar-refractivity contribution < 1.29 is 24.2 Å². The van der Waals surface area contributed by atoms with Gasteiger partial charge in [-0.05, 0) is 18.1 Å². The van der Waals surface area contributed by atoms with Crippen LogP contribution in [0.1, 0.15) is 18.1 Å². The zero-order chi connectivity index (χ0) is 19.6. The van der Waals surface area contributed by atoms with Crippen LogP contribution in [-0.2, 0) is 27.4 Å². The van der Waals surface area contributed by atoms with Gasteiger partial charge in [0.05, 0.1) is 0 Å². The van der Waals surface area contributed by atoms with Gasteiger partial charge in [-0.3, -0.25) is 4.79 Å². The lowest BCUT2D eigenvalue weighted by molar-refractivity contribution is -0.142. The second-order valence-corrected chi connectivity index (χ2v) is 6.02. The molecule has 0 fully saturated rings. The Labute approximate surface area is 157 Å². The molecule has 0 bridgehead atoms. The maximum Gasteiger partial charge on any atom is 0.408 e. The van der Waals surface area contributed by atoms with Crippen LogP contribution >= 0.6 is 0 Å². The molecule has 142 valence electrons. The van der Waals surface area contributed by atoms with E-state index in [0.717, 1.165) is 11.1 Å². The third-order valence-electron chi connectivity index (χ3n) is 3.84. The first-order valence-corrected chi connectivity index (χ1v) is 8.50. The Morgan fingerprint density at radius 2 is 1.48 bits per heavy atom. The Balaban J connectivity index is 1.83. The standard InChI is InChI=1S/C20H22N2O5/c1-14(21-20(26)27-13-16-10-6-3-7-11-16)18(23)22-17(19(24)25)12-15-8-4-2-5-9-15/h2-11,14,17H,12-13H2,1H3,(H,21,26)(H,22,23)(H,24,25)/t14-,17+/m0/s1. The van der Waals surface area contributed by atoms with Crippen LogP contribution in [0.25, 0.3) is 0 Å². The number of hydrogen-bond donors (Lipinski definition) is 3. The average Bonchev–Trinajstić information content (AvgIpc) is 2.67. The Morgan fingerprint density at radius 1 is 0.926 bits per heavy atom. The zero-order valence-corrected chi connectivity index (χ0v) is 14.9. The Hall–Kier alpha value is -3.35. The zero-order valence-electron chi connectivity index (χ0n) is 14.9. The van der Waals surface area contributed by atoms with E-state index in [1.54, 1.807) is 24.3 Å². The van der Waals surface area contributed by atoms with Gasteiger partial charge in [-0.25, -0.2) is 9.59 Å². The van der Waals surface area contributed by atoms with Crippen molar-refractivity contribution >= 4 is 18.0 Å². The summed E-state index contributed by atoms with van der Waals surface area (Å²) in [5.41, 5.74) is 1.60. The second-order valence-electron chi connectivity index (χ2n) is 6.02. The molecule has 2 aromatic carbocycles. The van der Waals surface area contributed by atoms with Crippen molar-refractivity contribution in [3.8, 4) is 0 Å². The monoisotopic (exact) mass is 370 g/mol. The molecular formula is C20H22N2O5. The number of amides is 2. The van der Waals surface area contributed by atoms with Gasteiger partial charge >= 0.3 is 12.1 Å². The maximum atomic E-state index is 12.2. The van der Waals surface area contributed by atoms with Crippen LogP contribution in [0.4, 0.5) is 4.79 Å². The Morgan fingerprint density at radius 3 is 2.04 bits per heavy atom. The van der Waals surface area contributed by atoms with Gasteiger partial charge in [-0.1, -0.05) is 60.7 Å². The van der Waals surface area contributed by atoms with Crippen molar-refractivity contribution in [3.63, 3.8) is 0 Å². The topological polar surface area (TPSA) is 105 Å². The van der Waals surface area contributed by atoms with Gasteiger partial charge in [-0.2, -0.15) is 0 Å². The van der Waals surface area contributed by atoms with E-state index in [1.165, 1.54) is 6.92 Å². The average molecular weight is 370 g/mol. The van der Waals surface area contributed by atoms with E-state index >= 15 is 0 Å². The molecule has 7 heteroatoms. The van der Waals surface area contributed by atoms with Gasteiger partial charge in [0.2, 0.25) is 5.91 Å². The molecule has 2 atom stereocenters. The van der Waals surface area contributed by atoms with E-state index in [4.69, 9.17) is 4.74 Å². The molecule has 0 unspecified atom stereocenters. The number of nitrogens with one attached hydrogen (secondary N) is 2. The number of benzene rings is 2. The molecule has 0 spiro atoms. The van der Waals surface area contributed by atoms with Crippen LogP contribution < -0.4 is 10.6 Å². The normalized spacial score (nSPS) is 12.5. The highest BCUT2D eigenvalue weighted by molar-refractivity contribution is 5.89. The van der Waals surface area contributed by atoms with E-state index in [2.05, 4.69) is 10.6 Å². The molecule has 7 nitrogen and oxygen atoms in total. The van der Waals surface area contributed by atoms with Crippen molar-refractivity contribution in [1.82, 2.24) is 10.6 Å². The van der Waals surface area contributed by atoms with Crippen molar-refractivity contribution in [2.24, 2.45) is 0 Å². The van der Waals surface area contributed by atoms with Crippen LogP contribution in [0.15, 0.2) is 60.7 Å². The van der Waals surface area contributed by atoms with Gasteiger partial charge in [-0.15, -0.1) is 0 Å². The molecule has 0 aliphatic rings. The number of hydrogen-bond acceptors (Lipinski definition) is 4. The summed E-state index contributed by atoms with van der Waals surface area (Å²) in [5.74, 6) is -1.75.